The lowest BCUT2D eigenvalue weighted by Crippen LogP contribution is -2.45. The molecular weight excluding hydrogens is 468 g/mol. The molecule has 1 aliphatic heterocycles. The Bertz CT molecular complexity index is 1020. The molecule has 6 heteroatoms. The van der Waals surface area contributed by atoms with Crippen LogP contribution in [0.4, 0.5) is 0 Å². The molecule has 12 atom stereocenters. The van der Waals surface area contributed by atoms with Crippen LogP contribution in [0.25, 0.3) is 0 Å². The van der Waals surface area contributed by atoms with Crippen molar-refractivity contribution in [3.05, 3.63) is 0 Å². The Hall–Kier alpha value is -1.72. The largest absolute Gasteiger partial charge is 0.459 e. The predicted molar refractivity (Wildman–Crippen MR) is 136 cm³/mol. The molecule has 0 aromatic heterocycles. The first-order valence-corrected chi connectivity index (χ1v) is 14.9. The Labute approximate surface area is 221 Å². The molecule has 6 aliphatic rings. The van der Waals surface area contributed by atoms with Crippen molar-refractivity contribution in [3.8, 4) is 0 Å². The van der Waals surface area contributed by atoms with E-state index in [2.05, 4.69) is 13.8 Å². The zero-order valence-electron chi connectivity index (χ0n) is 23.2. The number of ether oxygens (including phenoxy) is 2. The van der Waals surface area contributed by atoms with Crippen LogP contribution in [0.2, 0.25) is 0 Å². The van der Waals surface area contributed by atoms with Gasteiger partial charge in [-0.05, 0) is 120 Å². The topological polar surface area (TPSA) is 86.7 Å². The Morgan fingerprint density at radius 1 is 1.03 bits per heavy atom. The van der Waals surface area contributed by atoms with Crippen LogP contribution in [0.15, 0.2) is 0 Å². The molecule has 0 aromatic rings. The summed E-state index contributed by atoms with van der Waals surface area (Å²) < 4.78 is 11.5. The van der Waals surface area contributed by atoms with E-state index in [9.17, 15) is 19.2 Å². The van der Waals surface area contributed by atoms with Crippen LogP contribution in [-0.2, 0) is 28.7 Å². The van der Waals surface area contributed by atoms with Crippen molar-refractivity contribution in [2.45, 2.75) is 98.0 Å². The maximum atomic E-state index is 13.5. The van der Waals surface area contributed by atoms with Crippen molar-refractivity contribution in [1.82, 2.24) is 0 Å². The van der Waals surface area contributed by atoms with Crippen molar-refractivity contribution in [1.29, 1.82) is 0 Å². The standard InChI is InChI=1S/C31H44O6/c1-15-17-11-22(16(2)32)23(12-17)25(15)26-21(27(33)36-28(26)34)9-10-30(3,4)29(35)37-31(5)14-18-13-24(31)20-8-6-7-19(18)20/h15,17-26H,6-14H2,1-5H3. The lowest BCUT2D eigenvalue weighted by Gasteiger charge is -2.41. The van der Waals surface area contributed by atoms with Gasteiger partial charge in [0.25, 0.3) is 0 Å². The first-order chi connectivity index (χ1) is 17.4. The minimum absolute atomic E-state index is 0.000953. The van der Waals surface area contributed by atoms with Gasteiger partial charge in [0, 0.05) is 11.8 Å². The molecule has 5 saturated carbocycles. The van der Waals surface area contributed by atoms with E-state index in [-0.39, 0.29) is 35.1 Å². The van der Waals surface area contributed by atoms with Crippen LogP contribution in [-0.4, -0.2) is 29.3 Å². The van der Waals surface area contributed by atoms with E-state index < -0.39 is 29.2 Å². The van der Waals surface area contributed by atoms with Gasteiger partial charge in [-0.25, -0.2) is 0 Å². The first-order valence-electron chi connectivity index (χ1n) is 14.9. The molecule has 6 rings (SSSR count). The van der Waals surface area contributed by atoms with Gasteiger partial charge in [-0.15, -0.1) is 0 Å². The molecule has 0 aromatic carbocycles. The summed E-state index contributed by atoms with van der Waals surface area (Å²) in [7, 11) is 0. The number of hydrogen-bond donors (Lipinski definition) is 0. The van der Waals surface area contributed by atoms with E-state index in [1.807, 2.05) is 13.8 Å². The van der Waals surface area contributed by atoms with Gasteiger partial charge >= 0.3 is 17.9 Å². The zero-order chi connectivity index (χ0) is 26.4. The first kappa shape index (κ1) is 25.6. The van der Waals surface area contributed by atoms with E-state index in [1.54, 1.807) is 6.92 Å². The number of ketones is 1. The predicted octanol–water partition coefficient (Wildman–Crippen LogP) is 5.36. The van der Waals surface area contributed by atoms with Crippen LogP contribution in [0.3, 0.4) is 0 Å². The Kier molecular flexibility index (Phi) is 5.97. The minimum atomic E-state index is -0.751. The number of hydrogen-bond acceptors (Lipinski definition) is 6. The van der Waals surface area contributed by atoms with Crippen molar-refractivity contribution in [2.75, 3.05) is 0 Å². The van der Waals surface area contributed by atoms with Crippen LogP contribution in [0, 0.1) is 70.5 Å². The highest BCUT2D eigenvalue weighted by atomic mass is 16.6. The quantitative estimate of drug-likeness (QED) is 0.337. The molecule has 6 nitrogen and oxygen atoms in total. The molecule has 204 valence electrons. The fourth-order valence-electron chi connectivity index (χ4n) is 10.5. The number of Topliss-reactive ketones (excluding diaryl/α,β-unsaturated/α-hetero) is 1. The van der Waals surface area contributed by atoms with Crippen molar-refractivity contribution in [3.63, 3.8) is 0 Å². The smallest absolute Gasteiger partial charge is 0.317 e. The highest BCUT2D eigenvalue weighted by molar-refractivity contribution is 5.96. The van der Waals surface area contributed by atoms with Crippen LogP contribution in [0.1, 0.15) is 92.4 Å². The summed E-state index contributed by atoms with van der Waals surface area (Å²) in [5, 5.41) is 0. The highest BCUT2D eigenvalue weighted by Gasteiger charge is 2.62. The second-order valence-corrected chi connectivity index (χ2v) is 14.6. The number of carbonyl (C=O) groups is 4. The van der Waals surface area contributed by atoms with Gasteiger partial charge in [0.1, 0.15) is 11.4 Å². The number of rotatable bonds is 7. The average molecular weight is 513 g/mol. The van der Waals surface area contributed by atoms with E-state index in [4.69, 9.17) is 9.47 Å². The number of cyclic esters (lactones) is 2. The summed E-state index contributed by atoms with van der Waals surface area (Å²) in [6, 6.07) is 0. The van der Waals surface area contributed by atoms with Gasteiger partial charge in [-0.1, -0.05) is 13.3 Å². The summed E-state index contributed by atoms with van der Waals surface area (Å²) >= 11 is 0. The SMILES string of the molecule is CC(=O)C1CC2CC1C(C1C(=O)OC(=O)C1CCC(C)(C)C(=O)OC1(C)CC3CC1C1CCCC31)C2C. The summed E-state index contributed by atoms with van der Waals surface area (Å²) in [6.07, 6.45) is 8.85. The third-order valence-electron chi connectivity index (χ3n) is 12.4. The number of fused-ring (bicyclic) bond motifs is 7. The highest BCUT2D eigenvalue weighted by Crippen LogP contribution is 2.64. The Balaban J connectivity index is 1.13. The summed E-state index contributed by atoms with van der Waals surface area (Å²) in [6.45, 7) is 9.79. The van der Waals surface area contributed by atoms with Crippen molar-refractivity contribution >= 4 is 23.7 Å². The zero-order valence-corrected chi connectivity index (χ0v) is 23.2. The fourth-order valence-corrected chi connectivity index (χ4v) is 10.5. The van der Waals surface area contributed by atoms with Gasteiger partial charge in [0.15, 0.2) is 0 Å². The molecule has 12 unspecified atom stereocenters. The number of carbonyl (C=O) groups excluding carboxylic acids is 4. The molecule has 37 heavy (non-hydrogen) atoms. The van der Waals surface area contributed by atoms with E-state index in [0.29, 0.717) is 42.4 Å². The maximum Gasteiger partial charge on any atom is 0.317 e. The lowest BCUT2D eigenvalue weighted by molar-refractivity contribution is -0.178. The summed E-state index contributed by atoms with van der Waals surface area (Å²) in [5.74, 6) is 1.66. The molecule has 0 radical (unpaired) electrons. The molecule has 1 saturated heterocycles. The second-order valence-electron chi connectivity index (χ2n) is 14.6. The lowest BCUT2D eigenvalue weighted by atomic mass is 9.64. The normalized spacial score (nSPS) is 48.0. The van der Waals surface area contributed by atoms with Gasteiger partial charge in [0.2, 0.25) is 0 Å². The fraction of sp³-hybridized carbons (Fsp3) is 0.871. The molecule has 4 bridgehead atoms. The van der Waals surface area contributed by atoms with Crippen LogP contribution in [0.5, 0.6) is 0 Å². The maximum absolute atomic E-state index is 13.5. The molecule has 1 heterocycles. The second kappa shape index (κ2) is 8.64. The van der Waals surface area contributed by atoms with Crippen LogP contribution >= 0.6 is 0 Å². The summed E-state index contributed by atoms with van der Waals surface area (Å²) in [5.41, 5.74) is -1.13. The molecule has 5 aliphatic carbocycles. The van der Waals surface area contributed by atoms with Gasteiger partial charge in [-0.2, -0.15) is 0 Å². The third-order valence-corrected chi connectivity index (χ3v) is 12.4. The van der Waals surface area contributed by atoms with Gasteiger partial charge in [0.05, 0.1) is 17.3 Å². The molecular formula is C31H44O6. The van der Waals surface area contributed by atoms with E-state index in [1.165, 1.54) is 25.7 Å². The average Bonchev–Trinajstić information content (AvgIpc) is 3.62. The van der Waals surface area contributed by atoms with Gasteiger partial charge < -0.3 is 9.47 Å². The van der Waals surface area contributed by atoms with Crippen molar-refractivity contribution in [2.24, 2.45) is 70.5 Å². The molecule has 6 fully saturated rings. The van der Waals surface area contributed by atoms with Crippen molar-refractivity contribution < 1.29 is 28.7 Å². The Morgan fingerprint density at radius 2 is 1.76 bits per heavy atom. The van der Waals surface area contributed by atoms with Crippen LogP contribution < -0.4 is 0 Å². The molecule has 0 spiro atoms. The third kappa shape index (κ3) is 3.85. The minimum Gasteiger partial charge on any atom is -0.459 e. The molecule has 0 N–H and O–H groups in total. The Morgan fingerprint density at radius 3 is 2.46 bits per heavy atom. The van der Waals surface area contributed by atoms with E-state index >= 15 is 0 Å². The van der Waals surface area contributed by atoms with E-state index in [0.717, 1.165) is 25.2 Å². The van der Waals surface area contributed by atoms with Gasteiger partial charge in [-0.3, -0.25) is 19.2 Å². The molecule has 0 amide bonds. The monoisotopic (exact) mass is 512 g/mol. The number of esters is 3. The summed E-state index contributed by atoms with van der Waals surface area (Å²) in [4.78, 5) is 51.6.